The second-order valence-electron chi connectivity index (χ2n) is 9.91. The molecule has 180 valence electrons. The lowest BCUT2D eigenvalue weighted by molar-refractivity contribution is -0.135. The third-order valence-electron chi connectivity index (χ3n) is 6.49. The largest absolute Gasteiger partial charge is 0.496 e. The molecule has 2 aromatic rings. The van der Waals surface area contributed by atoms with Gasteiger partial charge in [-0.1, -0.05) is 64.1 Å². The molecule has 2 unspecified atom stereocenters. The maximum absolute atomic E-state index is 13.1. The van der Waals surface area contributed by atoms with Gasteiger partial charge in [0.15, 0.2) is 0 Å². The standard InChI is InChI=1S/C28H40N2O3/c1-20(2)15-30(28(31)21(3)4)18-23-17-29(16-22-11-7-9-13-26(22)32-5)19-25(23)24-12-8-10-14-27(24)33-6/h7-14,20-21,23,25H,15-19H2,1-6H3. The summed E-state index contributed by atoms with van der Waals surface area (Å²) < 4.78 is 11.3. The summed E-state index contributed by atoms with van der Waals surface area (Å²) in [4.78, 5) is 17.6. The Morgan fingerprint density at radius 1 is 0.970 bits per heavy atom. The van der Waals surface area contributed by atoms with E-state index in [-0.39, 0.29) is 11.8 Å². The van der Waals surface area contributed by atoms with Crippen LogP contribution < -0.4 is 9.47 Å². The van der Waals surface area contributed by atoms with Crippen molar-refractivity contribution in [3.63, 3.8) is 0 Å². The van der Waals surface area contributed by atoms with Crippen molar-refractivity contribution in [1.82, 2.24) is 9.80 Å². The van der Waals surface area contributed by atoms with E-state index in [1.54, 1.807) is 14.2 Å². The first-order chi connectivity index (χ1) is 15.8. The Kier molecular flexibility index (Phi) is 8.79. The van der Waals surface area contributed by atoms with Gasteiger partial charge in [-0.15, -0.1) is 0 Å². The van der Waals surface area contributed by atoms with E-state index < -0.39 is 0 Å². The monoisotopic (exact) mass is 452 g/mol. The fourth-order valence-corrected chi connectivity index (χ4v) is 5.02. The van der Waals surface area contributed by atoms with E-state index in [4.69, 9.17) is 9.47 Å². The van der Waals surface area contributed by atoms with Crippen LogP contribution in [0.4, 0.5) is 0 Å². The molecule has 0 spiro atoms. The predicted molar refractivity (Wildman–Crippen MR) is 134 cm³/mol. The zero-order valence-electron chi connectivity index (χ0n) is 21.1. The summed E-state index contributed by atoms with van der Waals surface area (Å²) in [5, 5.41) is 0. The Labute approximate surface area is 199 Å². The maximum Gasteiger partial charge on any atom is 0.225 e. The quantitative estimate of drug-likeness (QED) is 0.505. The number of benzene rings is 2. The van der Waals surface area contributed by atoms with Crippen LogP contribution in [0, 0.1) is 17.8 Å². The average molecular weight is 453 g/mol. The second-order valence-corrected chi connectivity index (χ2v) is 9.91. The lowest BCUT2D eigenvalue weighted by Gasteiger charge is -2.31. The first-order valence-corrected chi connectivity index (χ1v) is 12.1. The third-order valence-corrected chi connectivity index (χ3v) is 6.49. The summed E-state index contributed by atoms with van der Waals surface area (Å²) in [7, 11) is 3.47. The fraction of sp³-hybridized carbons (Fsp3) is 0.536. The van der Waals surface area contributed by atoms with Crippen LogP contribution in [-0.2, 0) is 11.3 Å². The number of amides is 1. The van der Waals surface area contributed by atoms with E-state index in [1.165, 1.54) is 11.1 Å². The number of methoxy groups -OCH3 is 2. The normalized spacial score (nSPS) is 18.7. The number of nitrogens with zero attached hydrogens (tertiary/aromatic N) is 2. The molecule has 0 bridgehead atoms. The molecule has 33 heavy (non-hydrogen) atoms. The van der Waals surface area contributed by atoms with Crippen LogP contribution in [0.2, 0.25) is 0 Å². The lowest BCUT2D eigenvalue weighted by atomic mass is 9.87. The molecule has 1 saturated heterocycles. The molecular weight excluding hydrogens is 412 g/mol. The molecule has 2 aromatic carbocycles. The molecule has 0 N–H and O–H groups in total. The smallest absolute Gasteiger partial charge is 0.225 e. The van der Waals surface area contributed by atoms with Crippen LogP contribution in [-0.4, -0.2) is 56.1 Å². The molecule has 1 amide bonds. The number of carbonyl (C=O) groups is 1. The zero-order valence-corrected chi connectivity index (χ0v) is 21.1. The van der Waals surface area contributed by atoms with Crippen molar-refractivity contribution in [3.05, 3.63) is 59.7 Å². The van der Waals surface area contributed by atoms with Crippen molar-refractivity contribution < 1.29 is 14.3 Å². The molecule has 1 aliphatic rings. The fourth-order valence-electron chi connectivity index (χ4n) is 5.02. The van der Waals surface area contributed by atoms with Gasteiger partial charge in [-0.2, -0.15) is 0 Å². The van der Waals surface area contributed by atoms with Crippen molar-refractivity contribution >= 4 is 5.91 Å². The van der Waals surface area contributed by atoms with Crippen LogP contribution in [0.25, 0.3) is 0 Å². The molecule has 5 nitrogen and oxygen atoms in total. The van der Waals surface area contributed by atoms with Crippen LogP contribution >= 0.6 is 0 Å². The highest BCUT2D eigenvalue weighted by Crippen LogP contribution is 2.39. The summed E-state index contributed by atoms with van der Waals surface area (Å²) in [6.07, 6.45) is 0. The van der Waals surface area contributed by atoms with Gasteiger partial charge in [-0.05, 0) is 29.5 Å². The highest BCUT2D eigenvalue weighted by Gasteiger charge is 2.37. The van der Waals surface area contributed by atoms with Gasteiger partial charge in [0, 0.05) is 50.1 Å². The van der Waals surface area contributed by atoms with Gasteiger partial charge < -0.3 is 14.4 Å². The molecule has 0 saturated carbocycles. The number of ether oxygens (including phenoxy) is 2. The zero-order chi connectivity index (χ0) is 24.0. The molecule has 0 aromatic heterocycles. The van der Waals surface area contributed by atoms with Gasteiger partial charge in [-0.3, -0.25) is 9.69 Å². The molecule has 1 aliphatic heterocycles. The van der Waals surface area contributed by atoms with Crippen molar-refractivity contribution in [3.8, 4) is 11.5 Å². The van der Waals surface area contributed by atoms with Crippen molar-refractivity contribution in [2.75, 3.05) is 40.4 Å². The van der Waals surface area contributed by atoms with E-state index in [9.17, 15) is 4.79 Å². The minimum absolute atomic E-state index is 0.000419. The molecule has 1 heterocycles. The first-order valence-electron chi connectivity index (χ1n) is 12.1. The van der Waals surface area contributed by atoms with Crippen LogP contribution in [0.15, 0.2) is 48.5 Å². The summed E-state index contributed by atoms with van der Waals surface area (Å²) in [5.74, 6) is 3.15. The van der Waals surface area contributed by atoms with E-state index in [0.717, 1.165) is 44.2 Å². The second kappa shape index (κ2) is 11.6. The van der Waals surface area contributed by atoms with Crippen LogP contribution in [0.1, 0.15) is 44.7 Å². The van der Waals surface area contributed by atoms with E-state index in [2.05, 4.69) is 47.9 Å². The van der Waals surface area contributed by atoms with E-state index in [1.807, 2.05) is 38.1 Å². The number of para-hydroxylation sites is 2. The molecule has 1 fully saturated rings. The van der Waals surface area contributed by atoms with Crippen molar-refractivity contribution in [2.45, 2.75) is 40.2 Å². The number of hydrogen-bond donors (Lipinski definition) is 0. The van der Waals surface area contributed by atoms with Crippen LogP contribution in [0.3, 0.4) is 0 Å². The third kappa shape index (κ3) is 6.29. The van der Waals surface area contributed by atoms with Crippen molar-refractivity contribution in [1.29, 1.82) is 0 Å². The van der Waals surface area contributed by atoms with Gasteiger partial charge in [0.2, 0.25) is 5.91 Å². The molecule has 2 atom stereocenters. The van der Waals surface area contributed by atoms with Crippen LogP contribution in [0.5, 0.6) is 11.5 Å². The summed E-state index contributed by atoms with van der Waals surface area (Å²) in [6, 6.07) is 16.6. The minimum atomic E-state index is -0.000419. The van der Waals surface area contributed by atoms with Gasteiger partial charge in [0.25, 0.3) is 0 Å². The first kappa shape index (κ1) is 25.1. The van der Waals surface area contributed by atoms with E-state index >= 15 is 0 Å². The highest BCUT2D eigenvalue weighted by molar-refractivity contribution is 5.78. The Morgan fingerprint density at radius 3 is 2.24 bits per heavy atom. The molecule has 0 aliphatic carbocycles. The Hall–Kier alpha value is -2.53. The van der Waals surface area contributed by atoms with Gasteiger partial charge >= 0.3 is 0 Å². The molecule has 5 heteroatoms. The summed E-state index contributed by atoms with van der Waals surface area (Å²) in [6.45, 7) is 12.6. The number of carbonyl (C=O) groups excluding carboxylic acids is 1. The summed E-state index contributed by atoms with van der Waals surface area (Å²) >= 11 is 0. The number of hydrogen-bond acceptors (Lipinski definition) is 4. The van der Waals surface area contributed by atoms with E-state index in [0.29, 0.717) is 17.8 Å². The SMILES string of the molecule is COc1ccccc1CN1CC(CN(CC(C)C)C(=O)C(C)C)C(c2ccccc2OC)C1. The Balaban J connectivity index is 1.89. The minimum Gasteiger partial charge on any atom is -0.496 e. The molecule has 3 rings (SSSR count). The summed E-state index contributed by atoms with van der Waals surface area (Å²) in [5.41, 5.74) is 2.42. The van der Waals surface area contributed by atoms with Gasteiger partial charge in [0.05, 0.1) is 14.2 Å². The Bertz CT molecular complexity index is 912. The number of likely N-dealkylation sites (tertiary alicyclic amines) is 1. The predicted octanol–water partition coefficient (Wildman–Crippen LogP) is 5.06. The topological polar surface area (TPSA) is 42.0 Å². The average Bonchev–Trinajstić information content (AvgIpc) is 3.19. The number of rotatable bonds is 10. The maximum atomic E-state index is 13.1. The Morgan fingerprint density at radius 2 is 1.61 bits per heavy atom. The lowest BCUT2D eigenvalue weighted by Crippen LogP contribution is -2.41. The van der Waals surface area contributed by atoms with Gasteiger partial charge in [-0.25, -0.2) is 0 Å². The molecular formula is C28H40N2O3. The van der Waals surface area contributed by atoms with Gasteiger partial charge in [0.1, 0.15) is 11.5 Å². The molecule has 0 radical (unpaired) electrons. The van der Waals surface area contributed by atoms with Crippen molar-refractivity contribution in [2.24, 2.45) is 17.8 Å². The highest BCUT2D eigenvalue weighted by atomic mass is 16.5.